The molecule has 1 N–H and O–H groups in total. The van der Waals surface area contributed by atoms with E-state index in [0.717, 1.165) is 5.69 Å². The number of carboxylic acids is 1. The van der Waals surface area contributed by atoms with Crippen molar-refractivity contribution in [3.63, 3.8) is 0 Å². The maximum Gasteiger partial charge on any atom is 0.410 e. The molecule has 1 amide bonds. The minimum Gasteiger partial charge on any atom is -0.478 e. The molecule has 1 aromatic heterocycles. The van der Waals surface area contributed by atoms with Gasteiger partial charge in [-0.15, -0.1) is 0 Å². The lowest BCUT2D eigenvalue weighted by atomic mass is 9.96. The van der Waals surface area contributed by atoms with Crippen LogP contribution in [0.4, 0.5) is 4.79 Å². The molecule has 24 heavy (non-hydrogen) atoms. The van der Waals surface area contributed by atoms with Gasteiger partial charge in [-0.3, -0.25) is 4.98 Å². The summed E-state index contributed by atoms with van der Waals surface area (Å²) in [6, 6.07) is 7.18. The van der Waals surface area contributed by atoms with Crippen LogP contribution in [-0.2, 0) is 17.7 Å². The number of nitrogens with zero attached hydrogens (tertiary/aromatic N) is 2. The number of pyridine rings is 1. The van der Waals surface area contributed by atoms with Gasteiger partial charge >= 0.3 is 12.1 Å². The Labute approximate surface area is 140 Å². The van der Waals surface area contributed by atoms with Crippen molar-refractivity contribution in [1.82, 2.24) is 9.88 Å². The molecule has 0 atom stereocenters. The Hall–Kier alpha value is -2.63. The third kappa shape index (κ3) is 3.04. The molecule has 0 radical (unpaired) electrons. The largest absolute Gasteiger partial charge is 0.478 e. The Morgan fingerprint density at radius 1 is 1.25 bits per heavy atom. The molecule has 3 rings (SSSR count). The van der Waals surface area contributed by atoms with Gasteiger partial charge in [-0.2, -0.15) is 0 Å². The number of amides is 1. The molecule has 1 aliphatic rings. The Morgan fingerprint density at radius 2 is 1.96 bits per heavy atom. The van der Waals surface area contributed by atoms with E-state index >= 15 is 0 Å². The SMILES string of the molecule is CC(C)(C)OC(=O)N1CCc2nc3ccccc3c(C(=O)O)c2C1. The number of para-hydroxylation sites is 1. The van der Waals surface area contributed by atoms with E-state index in [2.05, 4.69) is 4.98 Å². The number of carbonyl (C=O) groups excluding carboxylic acids is 1. The molecule has 1 aromatic carbocycles. The molecule has 1 aliphatic heterocycles. The van der Waals surface area contributed by atoms with E-state index in [4.69, 9.17) is 4.74 Å². The second-order valence-corrected chi connectivity index (χ2v) is 6.89. The lowest BCUT2D eigenvalue weighted by molar-refractivity contribution is 0.0220. The van der Waals surface area contributed by atoms with E-state index in [1.54, 1.807) is 32.9 Å². The van der Waals surface area contributed by atoms with Gasteiger partial charge in [-0.1, -0.05) is 18.2 Å². The van der Waals surface area contributed by atoms with Crippen LogP contribution in [0, 0.1) is 0 Å². The van der Waals surface area contributed by atoms with Crippen molar-refractivity contribution >= 4 is 23.0 Å². The first-order valence-electron chi connectivity index (χ1n) is 7.88. The summed E-state index contributed by atoms with van der Waals surface area (Å²) in [5.41, 5.74) is 1.64. The molecule has 0 saturated carbocycles. The Balaban J connectivity index is 2.03. The first-order chi connectivity index (χ1) is 11.3. The predicted octanol–water partition coefficient (Wildman–Crippen LogP) is 3.23. The van der Waals surface area contributed by atoms with Crippen molar-refractivity contribution in [3.8, 4) is 0 Å². The van der Waals surface area contributed by atoms with Crippen LogP contribution in [0.15, 0.2) is 24.3 Å². The van der Waals surface area contributed by atoms with Gasteiger partial charge in [-0.05, 0) is 26.8 Å². The van der Waals surface area contributed by atoms with Crippen LogP contribution < -0.4 is 0 Å². The molecule has 6 heteroatoms. The van der Waals surface area contributed by atoms with E-state index in [-0.39, 0.29) is 12.1 Å². The zero-order valence-corrected chi connectivity index (χ0v) is 14.0. The fraction of sp³-hybridized carbons (Fsp3) is 0.389. The highest BCUT2D eigenvalue weighted by molar-refractivity contribution is 6.04. The minimum absolute atomic E-state index is 0.198. The molecular weight excluding hydrogens is 308 g/mol. The molecule has 126 valence electrons. The highest BCUT2D eigenvalue weighted by Crippen LogP contribution is 2.28. The van der Waals surface area contributed by atoms with Crippen molar-refractivity contribution in [2.75, 3.05) is 6.54 Å². The molecule has 2 heterocycles. The van der Waals surface area contributed by atoms with Crippen LogP contribution in [-0.4, -0.2) is 39.2 Å². The number of fused-ring (bicyclic) bond motifs is 2. The summed E-state index contributed by atoms with van der Waals surface area (Å²) in [4.78, 5) is 30.3. The molecule has 0 fully saturated rings. The smallest absolute Gasteiger partial charge is 0.410 e. The predicted molar refractivity (Wildman–Crippen MR) is 89.1 cm³/mol. The summed E-state index contributed by atoms with van der Waals surface area (Å²) in [5.74, 6) is -1.00. The van der Waals surface area contributed by atoms with Crippen LogP contribution in [0.25, 0.3) is 10.9 Å². The summed E-state index contributed by atoms with van der Waals surface area (Å²) >= 11 is 0. The van der Waals surface area contributed by atoms with E-state index in [1.165, 1.54) is 4.90 Å². The van der Waals surface area contributed by atoms with Crippen LogP contribution in [0.1, 0.15) is 42.4 Å². The normalized spacial score (nSPS) is 14.4. The number of hydrogen-bond acceptors (Lipinski definition) is 4. The maximum absolute atomic E-state index is 12.3. The number of ether oxygens (including phenoxy) is 1. The van der Waals surface area contributed by atoms with Gasteiger partial charge in [0.2, 0.25) is 0 Å². The fourth-order valence-corrected chi connectivity index (χ4v) is 2.92. The molecular formula is C18H20N2O4. The topological polar surface area (TPSA) is 79.7 Å². The number of carbonyl (C=O) groups is 2. The summed E-state index contributed by atoms with van der Waals surface area (Å²) < 4.78 is 5.40. The number of aromatic nitrogens is 1. The van der Waals surface area contributed by atoms with Gasteiger partial charge in [0.15, 0.2) is 0 Å². The molecule has 0 bridgehead atoms. The second-order valence-electron chi connectivity index (χ2n) is 6.89. The quantitative estimate of drug-likeness (QED) is 0.869. The zero-order chi connectivity index (χ0) is 17.5. The summed E-state index contributed by atoms with van der Waals surface area (Å²) in [6.45, 7) is 6.08. The first-order valence-corrected chi connectivity index (χ1v) is 7.88. The number of rotatable bonds is 1. The monoisotopic (exact) mass is 328 g/mol. The van der Waals surface area contributed by atoms with E-state index in [9.17, 15) is 14.7 Å². The van der Waals surface area contributed by atoms with Crippen LogP contribution >= 0.6 is 0 Å². The Bertz CT molecular complexity index is 824. The van der Waals surface area contributed by atoms with E-state index < -0.39 is 17.7 Å². The van der Waals surface area contributed by atoms with Crippen molar-refractivity contribution in [2.45, 2.75) is 39.3 Å². The standard InChI is InChI=1S/C18H20N2O4/c1-18(2,3)24-17(23)20-9-8-14-12(10-20)15(16(21)22)11-6-4-5-7-13(11)19-14/h4-7H,8-10H2,1-3H3,(H,21,22). The van der Waals surface area contributed by atoms with Crippen LogP contribution in [0.2, 0.25) is 0 Å². The first kappa shape index (κ1) is 16.2. The van der Waals surface area contributed by atoms with Gasteiger partial charge < -0.3 is 14.7 Å². The highest BCUT2D eigenvalue weighted by Gasteiger charge is 2.30. The second kappa shape index (κ2) is 5.78. The van der Waals surface area contributed by atoms with E-state index in [1.807, 2.05) is 12.1 Å². The molecule has 0 spiro atoms. The average molecular weight is 328 g/mol. The Morgan fingerprint density at radius 3 is 2.62 bits per heavy atom. The van der Waals surface area contributed by atoms with Crippen molar-refractivity contribution in [1.29, 1.82) is 0 Å². The van der Waals surface area contributed by atoms with Crippen molar-refractivity contribution in [2.24, 2.45) is 0 Å². The molecule has 0 saturated heterocycles. The fourth-order valence-electron chi connectivity index (χ4n) is 2.92. The summed E-state index contributed by atoms with van der Waals surface area (Å²) in [7, 11) is 0. The molecule has 6 nitrogen and oxygen atoms in total. The van der Waals surface area contributed by atoms with Crippen molar-refractivity contribution < 1.29 is 19.4 Å². The van der Waals surface area contributed by atoms with Gasteiger partial charge in [0.05, 0.1) is 17.6 Å². The Kier molecular flexibility index (Phi) is 3.91. The van der Waals surface area contributed by atoms with Crippen LogP contribution in [0.5, 0.6) is 0 Å². The van der Waals surface area contributed by atoms with Gasteiger partial charge in [0.1, 0.15) is 5.60 Å². The average Bonchev–Trinajstić information content (AvgIpc) is 2.50. The number of benzene rings is 1. The molecule has 0 unspecified atom stereocenters. The minimum atomic E-state index is -1.00. The summed E-state index contributed by atoms with van der Waals surface area (Å²) in [6.07, 6.45) is 0.0808. The molecule has 2 aromatic rings. The number of hydrogen-bond donors (Lipinski definition) is 1. The third-order valence-corrected chi connectivity index (χ3v) is 3.91. The molecule has 0 aliphatic carbocycles. The van der Waals surface area contributed by atoms with E-state index in [0.29, 0.717) is 29.4 Å². The lowest BCUT2D eigenvalue weighted by Gasteiger charge is -2.31. The van der Waals surface area contributed by atoms with Gasteiger partial charge in [0.25, 0.3) is 0 Å². The van der Waals surface area contributed by atoms with Crippen LogP contribution in [0.3, 0.4) is 0 Å². The third-order valence-electron chi connectivity index (χ3n) is 3.91. The zero-order valence-electron chi connectivity index (χ0n) is 14.0. The van der Waals surface area contributed by atoms with Crippen molar-refractivity contribution in [3.05, 3.63) is 41.1 Å². The summed E-state index contributed by atoms with van der Waals surface area (Å²) in [5, 5.41) is 10.3. The number of aromatic carboxylic acids is 1. The highest BCUT2D eigenvalue weighted by atomic mass is 16.6. The maximum atomic E-state index is 12.3. The lowest BCUT2D eigenvalue weighted by Crippen LogP contribution is -2.40. The van der Waals surface area contributed by atoms with Gasteiger partial charge in [-0.25, -0.2) is 9.59 Å². The number of carboxylic acid groups (broad SMARTS) is 1. The van der Waals surface area contributed by atoms with Gasteiger partial charge in [0, 0.05) is 29.6 Å².